The van der Waals surface area contributed by atoms with Crippen molar-refractivity contribution in [3.05, 3.63) is 28.8 Å². The Morgan fingerprint density at radius 3 is 1.59 bits per heavy atom. The largest absolute Gasteiger partial charge is 0.508 e. The summed E-state index contributed by atoms with van der Waals surface area (Å²) in [6.45, 7) is 6.82. The van der Waals surface area contributed by atoms with E-state index in [-0.39, 0.29) is 0 Å². The first-order chi connectivity index (χ1) is 13.2. The van der Waals surface area contributed by atoms with Gasteiger partial charge in [0.1, 0.15) is 5.75 Å². The second-order valence-corrected chi connectivity index (χ2v) is 8.34. The lowest BCUT2D eigenvalue weighted by Gasteiger charge is -2.17. The molecule has 0 fully saturated rings. The van der Waals surface area contributed by atoms with Gasteiger partial charge in [-0.05, 0) is 61.3 Å². The van der Waals surface area contributed by atoms with Crippen molar-refractivity contribution in [3.8, 4) is 5.75 Å². The summed E-state index contributed by atoms with van der Waals surface area (Å²) in [5.41, 5.74) is 4.26. The van der Waals surface area contributed by atoms with Crippen molar-refractivity contribution in [2.75, 3.05) is 0 Å². The van der Waals surface area contributed by atoms with Crippen LogP contribution in [0.2, 0.25) is 0 Å². The van der Waals surface area contributed by atoms with E-state index in [0.717, 1.165) is 12.8 Å². The van der Waals surface area contributed by atoms with Crippen LogP contribution in [0, 0.1) is 0 Å². The zero-order valence-electron chi connectivity index (χ0n) is 18.6. The Bertz CT molecular complexity index is 477. The first-order valence-corrected chi connectivity index (χ1v) is 12.1. The van der Waals surface area contributed by atoms with Crippen molar-refractivity contribution in [2.45, 2.75) is 130 Å². The predicted octanol–water partition coefficient (Wildman–Crippen LogP) is 8.54. The molecule has 27 heavy (non-hydrogen) atoms. The van der Waals surface area contributed by atoms with Crippen molar-refractivity contribution in [1.29, 1.82) is 0 Å². The van der Waals surface area contributed by atoms with Gasteiger partial charge in [0, 0.05) is 0 Å². The Kier molecular flexibility index (Phi) is 14.3. The van der Waals surface area contributed by atoms with Gasteiger partial charge in [-0.15, -0.1) is 0 Å². The first-order valence-electron chi connectivity index (χ1n) is 12.1. The number of rotatable bonds is 17. The number of unbranched alkanes of at least 4 members (excludes halogenated alkanes) is 11. The Labute approximate surface area is 170 Å². The normalized spacial score (nSPS) is 11.2. The summed E-state index contributed by atoms with van der Waals surface area (Å²) in [6, 6.07) is 4.15. The SMILES string of the molecule is CCCCCCCCCCc1c(O)ccc(CCCC)c1CCCCCC. The zero-order chi connectivity index (χ0) is 19.7. The van der Waals surface area contributed by atoms with Gasteiger partial charge in [0.2, 0.25) is 0 Å². The van der Waals surface area contributed by atoms with Gasteiger partial charge in [-0.25, -0.2) is 0 Å². The highest BCUT2D eigenvalue weighted by Crippen LogP contribution is 2.29. The molecule has 1 N–H and O–H groups in total. The molecule has 0 unspecified atom stereocenters. The maximum Gasteiger partial charge on any atom is 0.119 e. The van der Waals surface area contributed by atoms with Gasteiger partial charge in [-0.1, -0.05) is 97.5 Å². The maximum atomic E-state index is 10.5. The summed E-state index contributed by atoms with van der Waals surface area (Å²) in [7, 11) is 0. The summed E-state index contributed by atoms with van der Waals surface area (Å²) in [6.07, 6.45) is 21.9. The van der Waals surface area contributed by atoms with E-state index in [2.05, 4.69) is 26.8 Å². The fourth-order valence-corrected chi connectivity index (χ4v) is 4.09. The van der Waals surface area contributed by atoms with Crippen molar-refractivity contribution in [3.63, 3.8) is 0 Å². The maximum absolute atomic E-state index is 10.5. The summed E-state index contributed by atoms with van der Waals surface area (Å²) < 4.78 is 0. The molecule has 0 bridgehead atoms. The number of benzene rings is 1. The minimum atomic E-state index is 0.545. The summed E-state index contributed by atoms with van der Waals surface area (Å²) in [5.74, 6) is 0.545. The quantitative estimate of drug-likeness (QED) is 0.271. The highest BCUT2D eigenvalue weighted by molar-refractivity contribution is 5.45. The van der Waals surface area contributed by atoms with Gasteiger partial charge in [-0.3, -0.25) is 0 Å². The van der Waals surface area contributed by atoms with Crippen LogP contribution < -0.4 is 0 Å². The van der Waals surface area contributed by atoms with Gasteiger partial charge in [0.25, 0.3) is 0 Å². The Morgan fingerprint density at radius 2 is 1.00 bits per heavy atom. The molecule has 0 saturated carbocycles. The van der Waals surface area contributed by atoms with Crippen LogP contribution >= 0.6 is 0 Å². The fourth-order valence-electron chi connectivity index (χ4n) is 4.09. The molecule has 1 aromatic carbocycles. The van der Waals surface area contributed by atoms with Gasteiger partial charge < -0.3 is 5.11 Å². The molecule has 0 aliphatic heterocycles. The molecule has 156 valence electrons. The van der Waals surface area contributed by atoms with Crippen LogP contribution in [0.4, 0.5) is 0 Å². The summed E-state index contributed by atoms with van der Waals surface area (Å²) in [4.78, 5) is 0. The highest BCUT2D eigenvalue weighted by Gasteiger charge is 2.13. The van der Waals surface area contributed by atoms with E-state index in [4.69, 9.17) is 0 Å². The smallest absolute Gasteiger partial charge is 0.119 e. The van der Waals surface area contributed by atoms with E-state index in [9.17, 15) is 5.11 Å². The average molecular weight is 375 g/mol. The van der Waals surface area contributed by atoms with Crippen LogP contribution in [0.25, 0.3) is 0 Å². The molecular formula is C26H46O. The number of phenolic OH excluding ortho intramolecular Hbond substituents is 1. The topological polar surface area (TPSA) is 20.2 Å². The zero-order valence-corrected chi connectivity index (χ0v) is 18.6. The average Bonchev–Trinajstić information content (AvgIpc) is 2.68. The van der Waals surface area contributed by atoms with Crippen LogP contribution in [0.3, 0.4) is 0 Å². The van der Waals surface area contributed by atoms with E-state index in [1.807, 2.05) is 6.07 Å². The van der Waals surface area contributed by atoms with E-state index in [0.29, 0.717) is 5.75 Å². The molecule has 0 heterocycles. The molecule has 0 spiro atoms. The van der Waals surface area contributed by atoms with Crippen molar-refractivity contribution < 1.29 is 5.11 Å². The molecule has 0 aromatic heterocycles. The molecule has 1 aromatic rings. The molecule has 0 aliphatic carbocycles. The van der Waals surface area contributed by atoms with E-state index >= 15 is 0 Å². The van der Waals surface area contributed by atoms with Gasteiger partial charge in [0.05, 0.1) is 0 Å². The first kappa shape index (κ1) is 24.1. The molecule has 0 aliphatic rings. The molecular weight excluding hydrogens is 328 g/mol. The third-order valence-corrected chi connectivity index (χ3v) is 5.86. The second-order valence-electron chi connectivity index (χ2n) is 8.34. The molecule has 0 amide bonds. The molecule has 0 saturated heterocycles. The lowest BCUT2D eigenvalue weighted by molar-refractivity contribution is 0.463. The Morgan fingerprint density at radius 1 is 0.519 bits per heavy atom. The minimum Gasteiger partial charge on any atom is -0.508 e. The molecule has 1 rings (SSSR count). The van der Waals surface area contributed by atoms with Crippen LogP contribution in [0.5, 0.6) is 5.75 Å². The lowest BCUT2D eigenvalue weighted by atomic mass is 9.89. The van der Waals surface area contributed by atoms with Crippen molar-refractivity contribution in [1.82, 2.24) is 0 Å². The molecule has 0 radical (unpaired) electrons. The number of hydrogen-bond acceptors (Lipinski definition) is 1. The summed E-state index contributed by atoms with van der Waals surface area (Å²) in [5, 5.41) is 10.5. The Hall–Kier alpha value is -0.980. The number of hydrogen-bond donors (Lipinski definition) is 1. The summed E-state index contributed by atoms with van der Waals surface area (Å²) >= 11 is 0. The Balaban J connectivity index is 2.60. The third kappa shape index (κ3) is 10.2. The van der Waals surface area contributed by atoms with E-state index in [1.54, 1.807) is 0 Å². The number of phenols is 1. The molecule has 0 atom stereocenters. The van der Waals surface area contributed by atoms with Crippen LogP contribution in [0.1, 0.15) is 127 Å². The fraction of sp³-hybridized carbons (Fsp3) is 0.769. The third-order valence-electron chi connectivity index (χ3n) is 5.86. The molecule has 1 nitrogen and oxygen atoms in total. The van der Waals surface area contributed by atoms with Gasteiger partial charge in [-0.2, -0.15) is 0 Å². The molecule has 1 heteroatoms. The van der Waals surface area contributed by atoms with Crippen molar-refractivity contribution in [2.24, 2.45) is 0 Å². The van der Waals surface area contributed by atoms with Crippen LogP contribution in [-0.4, -0.2) is 5.11 Å². The van der Waals surface area contributed by atoms with Crippen LogP contribution in [-0.2, 0) is 19.3 Å². The predicted molar refractivity (Wildman–Crippen MR) is 121 cm³/mol. The highest BCUT2D eigenvalue weighted by atomic mass is 16.3. The van der Waals surface area contributed by atoms with E-state index in [1.165, 1.54) is 113 Å². The van der Waals surface area contributed by atoms with E-state index < -0.39 is 0 Å². The number of aryl methyl sites for hydroxylation is 1. The standard InChI is InChI=1S/C26H46O/c1-4-7-10-12-13-14-15-17-20-25-24(19-16-11-8-5-2)23(18-9-6-3)21-22-26(25)27/h21-22,27H,4-20H2,1-3H3. The van der Waals surface area contributed by atoms with Gasteiger partial charge in [0.15, 0.2) is 0 Å². The van der Waals surface area contributed by atoms with Crippen molar-refractivity contribution >= 4 is 0 Å². The minimum absolute atomic E-state index is 0.545. The lowest BCUT2D eigenvalue weighted by Crippen LogP contribution is -2.02. The van der Waals surface area contributed by atoms with Crippen LogP contribution in [0.15, 0.2) is 12.1 Å². The monoisotopic (exact) mass is 374 g/mol. The number of aromatic hydroxyl groups is 1. The second kappa shape index (κ2) is 16.0. The van der Waals surface area contributed by atoms with Gasteiger partial charge >= 0.3 is 0 Å².